The lowest BCUT2D eigenvalue weighted by atomic mass is 9.73. The third-order valence-electron chi connectivity index (χ3n) is 8.58. The highest BCUT2D eigenvalue weighted by Crippen LogP contribution is 2.41. The molecular weight excluding hydrogens is 474 g/mol. The number of aryl methyl sites for hydroxylation is 1. The van der Waals surface area contributed by atoms with E-state index in [4.69, 9.17) is 4.74 Å². The Morgan fingerprint density at radius 2 is 2.03 bits per heavy atom. The zero-order valence-corrected chi connectivity index (χ0v) is 23.1. The minimum atomic E-state index is -2.52. The molecule has 0 aromatic heterocycles. The van der Waals surface area contributed by atoms with E-state index in [2.05, 4.69) is 11.4 Å². The number of methoxy groups -OCH3 is 1. The molecule has 3 atom stereocenters. The number of unbranched alkanes of at least 4 members (excludes halogenated alkanes) is 1. The maximum Gasteiger partial charge on any atom is 0.248 e. The molecule has 210 valence electrons. The van der Waals surface area contributed by atoms with E-state index in [9.17, 15) is 18.7 Å². The quantitative estimate of drug-likeness (QED) is 0.327. The second kappa shape index (κ2) is 14.0. The van der Waals surface area contributed by atoms with Gasteiger partial charge in [0.1, 0.15) is 0 Å². The van der Waals surface area contributed by atoms with Crippen LogP contribution in [-0.2, 0) is 15.1 Å². The van der Waals surface area contributed by atoms with Crippen molar-refractivity contribution in [2.75, 3.05) is 40.4 Å². The highest BCUT2D eigenvalue weighted by atomic mass is 19.3. The largest absolute Gasteiger partial charge is 0.385 e. The lowest BCUT2D eigenvalue weighted by molar-refractivity contribution is -0.138. The van der Waals surface area contributed by atoms with Gasteiger partial charge in [0.15, 0.2) is 0 Å². The SMILES string of the molecule is CNC[C@@H](CC(=O)N1CCC[C@@H]([C@@](O)(CCCCOC)c2cccc(C)c2)C1)CC1CCC(F)(F)CC1. The van der Waals surface area contributed by atoms with Crippen molar-refractivity contribution in [1.82, 2.24) is 10.2 Å². The number of carbonyl (C=O) groups excluding carboxylic acids is 1. The van der Waals surface area contributed by atoms with Gasteiger partial charge in [-0.1, -0.05) is 29.8 Å². The Labute approximate surface area is 222 Å². The van der Waals surface area contributed by atoms with Crippen molar-refractivity contribution in [3.8, 4) is 0 Å². The molecule has 0 unspecified atom stereocenters. The molecule has 1 aromatic rings. The molecule has 37 heavy (non-hydrogen) atoms. The van der Waals surface area contributed by atoms with Gasteiger partial charge >= 0.3 is 0 Å². The van der Waals surface area contributed by atoms with Crippen LogP contribution in [-0.4, -0.2) is 62.2 Å². The summed E-state index contributed by atoms with van der Waals surface area (Å²) < 4.78 is 32.4. The number of nitrogens with one attached hydrogen (secondary N) is 1. The summed E-state index contributed by atoms with van der Waals surface area (Å²) in [6, 6.07) is 8.13. The van der Waals surface area contributed by atoms with Crippen molar-refractivity contribution in [3.05, 3.63) is 35.4 Å². The lowest BCUT2D eigenvalue weighted by Gasteiger charge is -2.43. The van der Waals surface area contributed by atoms with Gasteiger partial charge in [-0.25, -0.2) is 8.78 Å². The minimum absolute atomic E-state index is 0.0297. The molecule has 5 nitrogen and oxygen atoms in total. The van der Waals surface area contributed by atoms with Crippen LogP contribution in [0, 0.1) is 24.7 Å². The number of carbonyl (C=O) groups is 1. The molecule has 0 bridgehead atoms. The van der Waals surface area contributed by atoms with Crippen molar-refractivity contribution < 1.29 is 23.4 Å². The Kier molecular flexibility index (Phi) is 11.3. The van der Waals surface area contributed by atoms with Gasteiger partial charge in [-0.2, -0.15) is 0 Å². The Balaban J connectivity index is 1.66. The summed E-state index contributed by atoms with van der Waals surface area (Å²) in [4.78, 5) is 15.4. The summed E-state index contributed by atoms with van der Waals surface area (Å²) in [5.74, 6) is -2.03. The van der Waals surface area contributed by atoms with E-state index in [0.717, 1.165) is 43.2 Å². The fraction of sp³-hybridized carbons (Fsp3) is 0.767. The van der Waals surface area contributed by atoms with E-state index < -0.39 is 11.5 Å². The summed E-state index contributed by atoms with van der Waals surface area (Å²) in [5.41, 5.74) is 1.06. The first-order valence-electron chi connectivity index (χ1n) is 14.3. The van der Waals surface area contributed by atoms with Crippen LogP contribution in [0.2, 0.25) is 0 Å². The van der Waals surface area contributed by atoms with Gasteiger partial charge in [-0.15, -0.1) is 0 Å². The standard InChI is InChI=1S/C30H48F2N2O3/c1-23-8-6-9-26(18-23)30(36,13-4-5-17-37-3)27-10-7-16-34(22-27)28(35)20-25(21-33-2)19-24-11-14-29(31,32)15-12-24/h6,8-9,18,24-25,27,33,36H,4-5,7,10-17,19-22H2,1-3H3/t25-,27-,30-/m1/s1. The molecule has 7 heteroatoms. The first-order valence-corrected chi connectivity index (χ1v) is 14.3. The molecule has 1 aliphatic carbocycles. The molecule has 1 saturated carbocycles. The zero-order chi connectivity index (χ0) is 26.9. The lowest BCUT2D eigenvalue weighted by Crippen LogP contribution is -2.48. The predicted molar refractivity (Wildman–Crippen MR) is 144 cm³/mol. The van der Waals surface area contributed by atoms with Crippen LogP contribution in [0.15, 0.2) is 24.3 Å². The number of halogens is 2. The molecule has 1 aromatic carbocycles. The van der Waals surface area contributed by atoms with E-state index in [1.54, 1.807) is 7.11 Å². The Morgan fingerprint density at radius 3 is 2.70 bits per heavy atom. The van der Waals surface area contributed by atoms with Crippen LogP contribution >= 0.6 is 0 Å². The maximum absolute atomic E-state index is 13.6. The molecule has 0 radical (unpaired) electrons. The third-order valence-corrected chi connectivity index (χ3v) is 8.58. The minimum Gasteiger partial charge on any atom is -0.385 e. The monoisotopic (exact) mass is 522 g/mol. The number of benzene rings is 1. The van der Waals surface area contributed by atoms with Crippen LogP contribution in [0.1, 0.15) is 81.8 Å². The van der Waals surface area contributed by atoms with Gasteiger partial charge in [-0.05, 0) is 89.3 Å². The summed E-state index contributed by atoms with van der Waals surface area (Å²) in [6.45, 7) is 4.69. The first kappa shape index (κ1) is 30.0. The molecule has 2 N–H and O–H groups in total. The van der Waals surface area contributed by atoms with Crippen molar-refractivity contribution in [3.63, 3.8) is 0 Å². The molecule has 1 amide bonds. The number of alkyl halides is 2. The van der Waals surface area contributed by atoms with Gasteiger partial charge in [0.2, 0.25) is 11.8 Å². The molecule has 0 spiro atoms. The van der Waals surface area contributed by atoms with Crippen molar-refractivity contribution in [1.29, 1.82) is 0 Å². The number of hydrogen-bond donors (Lipinski definition) is 2. The Morgan fingerprint density at radius 1 is 1.27 bits per heavy atom. The number of amides is 1. The van der Waals surface area contributed by atoms with Crippen molar-refractivity contribution in [2.24, 2.45) is 17.8 Å². The molecule has 1 aliphatic heterocycles. The predicted octanol–water partition coefficient (Wildman–Crippen LogP) is 5.68. The highest BCUT2D eigenvalue weighted by molar-refractivity contribution is 5.76. The second-order valence-corrected chi connectivity index (χ2v) is 11.6. The molecule has 2 aliphatic rings. The second-order valence-electron chi connectivity index (χ2n) is 11.6. The summed E-state index contributed by atoms with van der Waals surface area (Å²) >= 11 is 0. The molecule has 1 heterocycles. The summed E-state index contributed by atoms with van der Waals surface area (Å²) in [7, 11) is 3.58. The fourth-order valence-corrected chi connectivity index (χ4v) is 6.44. The average molecular weight is 523 g/mol. The highest BCUT2D eigenvalue weighted by Gasteiger charge is 2.41. The molecule has 2 fully saturated rings. The number of nitrogens with zero attached hydrogens (tertiary/aromatic N) is 1. The summed E-state index contributed by atoms with van der Waals surface area (Å²) in [6.07, 6.45) is 6.39. The van der Waals surface area contributed by atoms with Crippen molar-refractivity contribution in [2.45, 2.75) is 89.1 Å². The van der Waals surface area contributed by atoms with Gasteiger partial charge in [0, 0.05) is 52.0 Å². The average Bonchev–Trinajstić information content (AvgIpc) is 2.88. The molecule has 3 rings (SSSR count). The topological polar surface area (TPSA) is 61.8 Å². The fourth-order valence-electron chi connectivity index (χ4n) is 6.44. The van der Waals surface area contributed by atoms with E-state index >= 15 is 0 Å². The Hall–Kier alpha value is -1.57. The smallest absolute Gasteiger partial charge is 0.248 e. The van der Waals surface area contributed by atoms with E-state index in [0.29, 0.717) is 51.9 Å². The van der Waals surface area contributed by atoms with Gasteiger partial charge < -0.3 is 20.1 Å². The molecular formula is C30H48F2N2O3. The van der Waals surface area contributed by atoms with Gasteiger partial charge in [-0.3, -0.25) is 4.79 Å². The third kappa shape index (κ3) is 8.72. The first-order chi connectivity index (χ1) is 17.7. The normalized spacial score (nSPS) is 23.0. The number of aliphatic hydroxyl groups is 1. The summed E-state index contributed by atoms with van der Waals surface area (Å²) in [5, 5.41) is 15.3. The number of ether oxygens (including phenoxy) is 1. The van der Waals surface area contributed by atoms with Gasteiger partial charge in [0.05, 0.1) is 5.60 Å². The van der Waals surface area contributed by atoms with E-state index in [1.165, 1.54) is 0 Å². The van der Waals surface area contributed by atoms with Crippen molar-refractivity contribution >= 4 is 5.91 Å². The van der Waals surface area contributed by atoms with Crippen LogP contribution in [0.25, 0.3) is 0 Å². The number of piperidine rings is 1. The number of hydrogen-bond acceptors (Lipinski definition) is 4. The van der Waals surface area contributed by atoms with Crippen LogP contribution in [0.5, 0.6) is 0 Å². The Bertz CT molecular complexity index is 842. The van der Waals surface area contributed by atoms with Crippen LogP contribution < -0.4 is 5.32 Å². The number of rotatable bonds is 13. The van der Waals surface area contributed by atoms with Crippen LogP contribution in [0.3, 0.4) is 0 Å². The van der Waals surface area contributed by atoms with Gasteiger partial charge in [0.25, 0.3) is 0 Å². The maximum atomic E-state index is 13.6. The molecule has 1 saturated heterocycles. The van der Waals surface area contributed by atoms with E-state index in [-0.39, 0.29) is 36.5 Å². The van der Waals surface area contributed by atoms with Crippen LogP contribution in [0.4, 0.5) is 8.78 Å². The number of likely N-dealkylation sites (tertiary alicyclic amines) is 1. The zero-order valence-electron chi connectivity index (χ0n) is 23.1. The van der Waals surface area contributed by atoms with E-state index in [1.807, 2.05) is 37.1 Å².